The molecule has 0 aromatic heterocycles. The normalized spacial score (nSPS) is 13.7. The molecular weight excluding hydrogens is 205 g/mol. The third-order valence-corrected chi connectivity index (χ3v) is 2.20. The third-order valence-electron chi connectivity index (χ3n) is 2.20. The molecule has 1 rings (SSSR count). The molecule has 0 saturated carbocycles. The minimum atomic E-state index is -0.312. The molecule has 1 atom stereocenters. The smallest absolute Gasteiger partial charge is 0.126 e. The molecule has 1 aromatic rings. The predicted octanol–water partition coefficient (Wildman–Crippen LogP) is 3.33. The number of nitrogens with two attached hydrogens (primary N) is 1. The van der Waals surface area contributed by atoms with Gasteiger partial charge in [0, 0.05) is 11.6 Å². The number of aryl methyl sites for hydroxylation is 1. The van der Waals surface area contributed by atoms with Crippen LogP contribution in [-0.4, -0.2) is 5.60 Å². The third kappa shape index (κ3) is 3.20. The van der Waals surface area contributed by atoms with E-state index < -0.39 is 0 Å². The zero-order chi connectivity index (χ0) is 12.5. The minimum Gasteiger partial charge on any atom is -0.488 e. The van der Waals surface area contributed by atoms with E-state index in [9.17, 15) is 4.39 Å². The van der Waals surface area contributed by atoms with Gasteiger partial charge in [0.1, 0.15) is 17.2 Å². The van der Waals surface area contributed by atoms with E-state index in [0.717, 1.165) is 0 Å². The van der Waals surface area contributed by atoms with Crippen molar-refractivity contribution in [1.29, 1.82) is 0 Å². The van der Waals surface area contributed by atoms with Crippen LogP contribution in [0.25, 0.3) is 0 Å². The minimum absolute atomic E-state index is 0.242. The maximum Gasteiger partial charge on any atom is 0.126 e. The van der Waals surface area contributed by atoms with Gasteiger partial charge >= 0.3 is 0 Å². The lowest BCUT2D eigenvalue weighted by molar-refractivity contribution is 0.128. The zero-order valence-corrected chi connectivity index (χ0v) is 10.6. The van der Waals surface area contributed by atoms with E-state index in [1.165, 1.54) is 6.07 Å². The summed E-state index contributed by atoms with van der Waals surface area (Å²) in [5.41, 5.74) is 6.77. The van der Waals surface area contributed by atoms with Gasteiger partial charge in [-0.3, -0.25) is 0 Å². The van der Waals surface area contributed by atoms with Crippen LogP contribution < -0.4 is 10.5 Å². The van der Waals surface area contributed by atoms with Crippen LogP contribution in [0.2, 0.25) is 0 Å². The Labute approximate surface area is 96.6 Å². The number of ether oxygens (including phenoxy) is 1. The van der Waals surface area contributed by atoms with Crippen molar-refractivity contribution in [1.82, 2.24) is 0 Å². The Morgan fingerprint density at radius 3 is 2.31 bits per heavy atom. The Bertz CT molecular complexity index is 380. The maximum absolute atomic E-state index is 13.4. The van der Waals surface area contributed by atoms with Crippen LogP contribution in [0, 0.1) is 12.7 Å². The SMILES string of the molecule is Cc1cc(OC(C)(C)C)c([C@@H](C)N)cc1F. The molecule has 16 heavy (non-hydrogen) atoms. The first kappa shape index (κ1) is 13.0. The van der Waals surface area contributed by atoms with Gasteiger partial charge in [-0.05, 0) is 52.3 Å². The van der Waals surface area contributed by atoms with E-state index in [4.69, 9.17) is 10.5 Å². The molecule has 0 spiro atoms. The molecule has 0 bridgehead atoms. The summed E-state index contributed by atoms with van der Waals surface area (Å²) in [4.78, 5) is 0. The molecule has 2 nitrogen and oxygen atoms in total. The van der Waals surface area contributed by atoms with E-state index in [2.05, 4.69) is 0 Å². The summed E-state index contributed by atoms with van der Waals surface area (Å²) < 4.78 is 19.2. The average Bonchev–Trinajstić information content (AvgIpc) is 2.07. The van der Waals surface area contributed by atoms with Crippen LogP contribution in [0.3, 0.4) is 0 Å². The predicted molar refractivity (Wildman–Crippen MR) is 64.1 cm³/mol. The van der Waals surface area contributed by atoms with Gasteiger partial charge in [0.05, 0.1) is 0 Å². The number of benzene rings is 1. The Hall–Kier alpha value is -1.09. The van der Waals surface area contributed by atoms with Crippen LogP contribution in [0.4, 0.5) is 4.39 Å². The molecular formula is C13H20FNO. The first-order valence-corrected chi connectivity index (χ1v) is 5.45. The van der Waals surface area contributed by atoms with Gasteiger partial charge in [0.15, 0.2) is 0 Å². The summed E-state index contributed by atoms with van der Waals surface area (Å²) in [6.45, 7) is 9.40. The lowest BCUT2D eigenvalue weighted by atomic mass is 10.0. The molecule has 90 valence electrons. The molecule has 0 unspecified atom stereocenters. The van der Waals surface area contributed by atoms with Crippen molar-refractivity contribution >= 4 is 0 Å². The quantitative estimate of drug-likeness (QED) is 0.837. The highest BCUT2D eigenvalue weighted by Gasteiger charge is 2.18. The van der Waals surface area contributed by atoms with Crippen molar-refractivity contribution < 1.29 is 9.13 Å². The van der Waals surface area contributed by atoms with Crippen molar-refractivity contribution in [3.8, 4) is 5.75 Å². The number of hydrogen-bond donors (Lipinski definition) is 1. The average molecular weight is 225 g/mol. The Balaban J connectivity index is 3.20. The van der Waals surface area contributed by atoms with Gasteiger partial charge in [0.2, 0.25) is 0 Å². The van der Waals surface area contributed by atoms with Crippen molar-refractivity contribution in [3.63, 3.8) is 0 Å². The Morgan fingerprint density at radius 2 is 1.88 bits per heavy atom. The highest BCUT2D eigenvalue weighted by molar-refractivity contribution is 5.40. The standard InChI is InChI=1S/C13H20FNO/c1-8-6-12(16-13(3,4)5)10(9(2)15)7-11(8)14/h6-7,9H,15H2,1-5H3/t9-/m1/s1. The Kier molecular flexibility index (Phi) is 3.58. The lowest BCUT2D eigenvalue weighted by Gasteiger charge is -2.24. The van der Waals surface area contributed by atoms with Crippen LogP contribution >= 0.6 is 0 Å². The van der Waals surface area contributed by atoms with E-state index in [0.29, 0.717) is 16.9 Å². The highest BCUT2D eigenvalue weighted by atomic mass is 19.1. The molecule has 0 aliphatic rings. The first-order valence-electron chi connectivity index (χ1n) is 5.45. The molecule has 3 heteroatoms. The zero-order valence-electron chi connectivity index (χ0n) is 10.6. The van der Waals surface area contributed by atoms with Gasteiger partial charge in [0.25, 0.3) is 0 Å². The fourth-order valence-corrected chi connectivity index (χ4v) is 1.44. The Morgan fingerprint density at radius 1 is 1.31 bits per heavy atom. The summed E-state index contributed by atoms with van der Waals surface area (Å²) in [6, 6.07) is 2.92. The fraction of sp³-hybridized carbons (Fsp3) is 0.538. The van der Waals surface area contributed by atoms with Gasteiger partial charge in [-0.2, -0.15) is 0 Å². The second kappa shape index (κ2) is 4.42. The first-order chi connectivity index (χ1) is 7.20. The summed E-state index contributed by atoms with van der Waals surface area (Å²) in [6.07, 6.45) is 0. The fourth-order valence-electron chi connectivity index (χ4n) is 1.44. The maximum atomic E-state index is 13.4. The van der Waals surface area contributed by atoms with Gasteiger partial charge < -0.3 is 10.5 Å². The van der Waals surface area contributed by atoms with Gasteiger partial charge in [-0.15, -0.1) is 0 Å². The van der Waals surface area contributed by atoms with Crippen molar-refractivity contribution in [2.45, 2.75) is 46.3 Å². The summed E-state index contributed by atoms with van der Waals surface area (Å²) in [7, 11) is 0. The highest BCUT2D eigenvalue weighted by Crippen LogP contribution is 2.29. The van der Waals surface area contributed by atoms with Crippen LogP contribution in [-0.2, 0) is 0 Å². The van der Waals surface area contributed by atoms with Crippen LogP contribution in [0.5, 0.6) is 5.75 Å². The van der Waals surface area contributed by atoms with Crippen molar-refractivity contribution in [3.05, 3.63) is 29.1 Å². The summed E-state index contributed by atoms with van der Waals surface area (Å²) in [5, 5.41) is 0. The molecule has 1 aromatic carbocycles. The molecule has 0 heterocycles. The number of rotatable bonds is 2. The van der Waals surface area contributed by atoms with Gasteiger partial charge in [-0.25, -0.2) is 4.39 Å². The molecule has 0 amide bonds. The molecule has 0 aliphatic carbocycles. The van der Waals surface area contributed by atoms with Crippen LogP contribution in [0.15, 0.2) is 12.1 Å². The number of hydrogen-bond acceptors (Lipinski definition) is 2. The molecule has 0 aliphatic heterocycles. The van der Waals surface area contributed by atoms with Crippen molar-refractivity contribution in [2.75, 3.05) is 0 Å². The number of halogens is 1. The summed E-state index contributed by atoms with van der Waals surface area (Å²) in [5.74, 6) is 0.426. The van der Waals surface area contributed by atoms with Crippen LogP contribution in [0.1, 0.15) is 44.9 Å². The van der Waals surface area contributed by atoms with E-state index >= 15 is 0 Å². The van der Waals surface area contributed by atoms with E-state index in [-0.39, 0.29) is 17.5 Å². The lowest BCUT2D eigenvalue weighted by Crippen LogP contribution is -2.24. The van der Waals surface area contributed by atoms with Crippen molar-refractivity contribution in [2.24, 2.45) is 5.73 Å². The second-order valence-electron chi connectivity index (χ2n) is 5.14. The molecule has 0 fully saturated rings. The largest absolute Gasteiger partial charge is 0.488 e. The molecule has 0 saturated heterocycles. The second-order valence-corrected chi connectivity index (χ2v) is 5.14. The monoisotopic (exact) mass is 225 g/mol. The topological polar surface area (TPSA) is 35.2 Å². The molecule has 2 N–H and O–H groups in total. The summed E-state index contributed by atoms with van der Waals surface area (Å²) >= 11 is 0. The molecule has 0 radical (unpaired) electrons. The van der Waals surface area contributed by atoms with E-state index in [1.54, 1.807) is 13.0 Å². The van der Waals surface area contributed by atoms with Gasteiger partial charge in [-0.1, -0.05) is 0 Å². The van der Waals surface area contributed by atoms with E-state index in [1.807, 2.05) is 27.7 Å².